The van der Waals surface area contributed by atoms with E-state index >= 15 is 0 Å². The first-order chi connectivity index (χ1) is 22.4. The number of phenolic OH excluding ortho intramolecular Hbond substituents is 2. The zero-order valence-corrected chi connectivity index (χ0v) is 26.3. The van der Waals surface area contributed by atoms with Crippen LogP contribution in [0.25, 0.3) is 10.9 Å². The molecule has 4 rings (SSSR count). The van der Waals surface area contributed by atoms with Crippen LogP contribution >= 0.6 is 0 Å². The fourth-order valence-corrected chi connectivity index (χ4v) is 5.30. The molecule has 0 aliphatic carbocycles. The van der Waals surface area contributed by atoms with Gasteiger partial charge in [0, 0.05) is 29.9 Å². The molecule has 4 atom stereocenters. The minimum absolute atomic E-state index is 0.00405. The molecule has 0 fully saturated rings. The first-order valence-corrected chi connectivity index (χ1v) is 15.4. The van der Waals surface area contributed by atoms with Gasteiger partial charge in [-0.25, -0.2) is 4.79 Å². The molecule has 4 unspecified atom stereocenters. The Morgan fingerprint density at radius 3 is 1.83 bits per heavy atom. The van der Waals surface area contributed by atoms with Crippen LogP contribution in [0.15, 0.2) is 79.0 Å². The highest BCUT2D eigenvalue weighted by Crippen LogP contribution is 2.20. The van der Waals surface area contributed by atoms with Crippen LogP contribution in [0.1, 0.15) is 37.0 Å². The SMILES string of the molecule is CC(C)CC(NC(=O)C(N)Cc1ccc(O)cc1)C(=O)NC(Cc1ccc(O)cc1)C(=O)NC(Cc1c[nH]c2ccccc12)C(=O)O. The number of H-pyrrole nitrogens is 1. The second-order valence-corrected chi connectivity index (χ2v) is 12.1. The molecule has 12 heteroatoms. The number of aromatic amines is 1. The monoisotopic (exact) mass is 643 g/mol. The highest BCUT2D eigenvalue weighted by Gasteiger charge is 2.31. The molecule has 248 valence electrons. The van der Waals surface area contributed by atoms with Gasteiger partial charge in [0.15, 0.2) is 0 Å². The van der Waals surface area contributed by atoms with Crippen molar-refractivity contribution in [3.05, 3.63) is 95.7 Å². The molecule has 47 heavy (non-hydrogen) atoms. The maximum atomic E-state index is 13.7. The van der Waals surface area contributed by atoms with E-state index in [1.54, 1.807) is 30.5 Å². The Morgan fingerprint density at radius 2 is 1.23 bits per heavy atom. The quantitative estimate of drug-likeness (QED) is 0.0963. The lowest BCUT2D eigenvalue weighted by molar-refractivity contribution is -0.142. The fourth-order valence-electron chi connectivity index (χ4n) is 5.30. The first kappa shape index (κ1) is 34.5. The molecular formula is C35H41N5O7. The average Bonchev–Trinajstić information content (AvgIpc) is 3.44. The van der Waals surface area contributed by atoms with Crippen LogP contribution in [0.2, 0.25) is 0 Å². The van der Waals surface area contributed by atoms with Gasteiger partial charge >= 0.3 is 5.97 Å². The second-order valence-electron chi connectivity index (χ2n) is 12.1. The molecule has 0 aliphatic rings. The van der Waals surface area contributed by atoms with Gasteiger partial charge in [-0.2, -0.15) is 0 Å². The standard InChI is InChI=1S/C35H41N5O7/c1-20(2)15-29(38-32(43)27(36)16-21-7-11-24(41)12-8-21)33(44)39-30(17-22-9-13-25(42)14-10-22)34(45)40-31(35(46)47)18-23-19-37-28-6-4-3-5-26(23)28/h3-14,19-20,27,29-31,37,41-42H,15-18,36H2,1-2H3,(H,38,43)(H,39,44)(H,40,45)(H,46,47). The maximum absolute atomic E-state index is 13.7. The molecule has 12 nitrogen and oxygen atoms in total. The van der Waals surface area contributed by atoms with Gasteiger partial charge in [0.1, 0.15) is 29.6 Å². The molecule has 9 N–H and O–H groups in total. The van der Waals surface area contributed by atoms with Crippen molar-refractivity contribution in [2.45, 2.75) is 63.7 Å². The number of fused-ring (bicyclic) bond motifs is 1. The number of carbonyl (C=O) groups is 4. The van der Waals surface area contributed by atoms with Crippen molar-refractivity contribution in [3.63, 3.8) is 0 Å². The Hall–Kier alpha value is -5.36. The van der Waals surface area contributed by atoms with Gasteiger partial charge in [0.05, 0.1) is 6.04 Å². The topological polar surface area (TPSA) is 207 Å². The van der Waals surface area contributed by atoms with Crippen LogP contribution < -0.4 is 21.7 Å². The van der Waals surface area contributed by atoms with Crippen LogP contribution in [-0.2, 0) is 38.4 Å². The lowest BCUT2D eigenvalue weighted by Gasteiger charge is -2.26. The van der Waals surface area contributed by atoms with Crippen molar-refractivity contribution in [2.24, 2.45) is 11.7 Å². The lowest BCUT2D eigenvalue weighted by atomic mass is 9.99. The van der Waals surface area contributed by atoms with Crippen molar-refractivity contribution in [1.29, 1.82) is 0 Å². The van der Waals surface area contributed by atoms with Crippen LogP contribution in [0.3, 0.4) is 0 Å². The van der Waals surface area contributed by atoms with Gasteiger partial charge in [-0.1, -0.05) is 56.3 Å². The molecule has 3 amide bonds. The van der Waals surface area contributed by atoms with E-state index in [2.05, 4.69) is 20.9 Å². The smallest absolute Gasteiger partial charge is 0.326 e. The lowest BCUT2D eigenvalue weighted by Crippen LogP contribution is -2.58. The number of carbonyl (C=O) groups excluding carboxylic acids is 3. The Kier molecular flexibility index (Phi) is 11.6. The van der Waals surface area contributed by atoms with E-state index in [-0.39, 0.29) is 43.1 Å². The number of phenols is 2. The molecule has 0 saturated carbocycles. The van der Waals surface area contributed by atoms with E-state index in [9.17, 15) is 34.5 Å². The maximum Gasteiger partial charge on any atom is 0.326 e. The fraction of sp³-hybridized carbons (Fsp3) is 0.314. The summed E-state index contributed by atoms with van der Waals surface area (Å²) in [7, 11) is 0. The molecule has 3 aromatic carbocycles. The van der Waals surface area contributed by atoms with Gasteiger partial charge in [0.25, 0.3) is 0 Å². The van der Waals surface area contributed by atoms with E-state index in [4.69, 9.17) is 5.73 Å². The summed E-state index contributed by atoms with van der Waals surface area (Å²) in [5.74, 6) is -3.08. The van der Waals surface area contributed by atoms with Gasteiger partial charge in [-0.3, -0.25) is 14.4 Å². The van der Waals surface area contributed by atoms with E-state index in [0.29, 0.717) is 11.1 Å². The van der Waals surface area contributed by atoms with E-state index in [1.807, 2.05) is 38.1 Å². The van der Waals surface area contributed by atoms with Crippen LogP contribution in [0, 0.1) is 5.92 Å². The molecule has 1 aromatic heterocycles. The Morgan fingerprint density at radius 1 is 0.702 bits per heavy atom. The predicted molar refractivity (Wildman–Crippen MR) is 176 cm³/mol. The molecule has 0 radical (unpaired) electrons. The molecular weight excluding hydrogens is 602 g/mol. The highest BCUT2D eigenvalue weighted by atomic mass is 16.4. The van der Waals surface area contributed by atoms with Crippen LogP contribution in [-0.4, -0.2) is 68.2 Å². The minimum Gasteiger partial charge on any atom is -0.508 e. The molecule has 0 bridgehead atoms. The van der Waals surface area contributed by atoms with Gasteiger partial charge in [-0.15, -0.1) is 0 Å². The number of aliphatic carboxylic acids is 1. The summed E-state index contributed by atoms with van der Waals surface area (Å²) >= 11 is 0. The Labute approximate surface area is 272 Å². The third kappa shape index (κ3) is 9.81. The summed E-state index contributed by atoms with van der Waals surface area (Å²) < 4.78 is 0. The van der Waals surface area contributed by atoms with Crippen molar-refractivity contribution >= 4 is 34.6 Å². The first-order valence-electron chi connectivity index (χ1n) is 15.4. The van der Waals surface area contributed by atoms with Gasteiger partial charge in [-0.05, 0) is 65.8 Å². The van der Waals surface area contributed by atoms with Crippen molar-refractivity contribution in [1.82, 2.24) is 20.9 Å². The van der Waals surface area contributed by atoms with Crippen molar-refractivity contribution in [3.8, 4) is 11.5 Å². The third-order valence-corrected chi connectivity index (χ3v) is 7.79. The number of hydrogen-bond acceptors (Lipinski definition) is 7. The minimum atomic E-state index is -1.30. The molecule has 0 aliphatic heterocycles. The molecule has 1 heterocycles. The number of carboxylic acids is 1. The summed E-state index contributed by atoms with van der Waals surface area (Å²) in [6, 6.07) is 15.2. The van der Waals surface area contributed by atoms with Gasteiger partial charge < -0.3 is 42.0 Å². The molecule has 0 spiro atoms. The zero-order chi connectivity index (χ0) is 34.1. The Bertz CT molecular complexity index is 1680. The number of nitrogens with two attached hydrogens (primary N) is 1. The highest BCUT2D eigenvalue weighted by molar-refractivity contribution is 5.94. The predicted octanol–water partition coefficient (Wildman–Crippen LogP) is 2.52. The van der Waals surface area contributed by atoms with E-state index in [0.717, 1.165) is 16.5 Å². The number of rotatable bonds is 15. The largest absolute Gasteiger partial charge is 0.508 e. The zero-order valence-electron chi connectivity index (χ0n) is 26.3. The number of hydrogen-bond donors (Lipinski definition) is 8. The Balaban J connectivity index is 1.51. The summed E-state index contributed by atoms with van der Waals surface area (Å²) in [6.07, 6.45) is 2.10. The number of aromatic hydroxyl groups is 2. The third-order valence-electron chi connectivity index (χ3n) is 7.79. The summed E-state index contributed by atoms with van der Waals surface area (Å²) in [5, 5.41) is 38.1. The van der Waals surface area contributed by atoms with Gasteiger partial charge in [0.2, 0.25) is 17.7 Å². The van der Waals surface area contributed by atoms with Crippen molar-refractivity contribution in [2.75, 3.05) is 0 Å². The number of benzene rings is 3. The van der Waals surface area contributed by atoms with Crippen LogP contribution in [0.5, 0.6) is 11.5 Å². The normalized spacial score (nSPS) is 13.8. The molecule has 0 saturated heterocycles. The number of aromatic nitrogens is 1. The number of nitrogens with one attached hydrogen (secondary N) is 4. The van der Waals surface area contributed by atoms with Crippen LogP contribution in [0.4, 0.5) is 0 Å². The molecule has 4 aromatic rings. The van der Waals surface area contributed by atoms with Crippen molar-refractivity contribution < 1.29 is 34.5 Å². The number of amides is 3. The second kappa shape index (κ2) is 15.8. The summed E-state index contributed by atoms with van der Waals surface area (Å²) in [4.78, 5) is 55.8. The summed E-state index contributed by atoms with van der Waals surface area (Å²) in [6.45, 7) is 3.76. The number of carboxylic acid groups (broad SMARTS) is 1. The average molecular weight is 644 g/mol. The summed E-state index contributed by atoms with van der Waals surface area (Å²) in [5.41, 5.74) is 9.02. The number of para-hydroxylation sites is 1. The van der Waals surface area contributed by atoms with E-state index in [1.165, 1.54) is 24.3 Å². The van der Waals surface area contributed by atoms with E-state index < -0.39 is 47.9 Å².